The lowest BCUT2D eigenvalue weighted by Gasteiger charge is -2.25. The maximum absolute atomic E-state index is 12.7. The van der Waals surface area contributed by atoms with E-state index in [9.17, 15) is 9.59 Å². The Hall–Kier alpha value is -2.67. The van der Waals surface area contributed by atoms with Gasteiger partial charge in [-0.25, -0.2) is 4.68 Å². The third-order valence-corrected chi connectivity index (χ3v) is 4.29. The topological polar surface area (TPSA) is 77.1 Å². The maximum atomic E-state index is 12.7. The van der Waals surface area contributed by atoms with Gasteiger partial charge in [0, 0.05) is 16.2 Å². The summed E-state index contributed by atoms with van der Waals surface area (Å²) in [5.41, 5.74) is -0.441. The molecule has 1 amide bonds. The summed E-state index contributed by atoms with van der Waals surface area (Å²) in [5, 5.41) is 7.11. The minimum atomic E-state index is -1.19. The fraction of sp³-hybridized carbons (Fsp3) is 0.167. The van der Waals surface area contributed by atoms with E-state index in [4.69, 9.17) is 4.42 Å². The lowest BCUT2D eigenvalue weighted by Crippen LogP contribution is -2.47. The zero-order valence-electron chi connectivity index (χ0n) is 13.7. The first kappa shape index (κ1) is 17.2. The van der Waals surface area contributed by atoms with E-state index < -0.39 is 5.54 Å². The van der Waals surface area contributed by atoms with E-state index in [2.05, 4.69) is 26.3 Å². The number of hydrogen-bond acceptors (Lipinski definition) is 4. The van der Waals surface area contributed by atoms with E-state index in [-0.39, 0.29) is 11.5 Å². The van der Waals surface area contributed by atoms with E-state index in [0.29, 0.717) is 17.1 Å². The van der Waals surface area contributed by atoms with Crippen LogP contribution in [0, 0.1) is 0 Å². The van der Waals surface area contributed by atoms with E-state index >= 15 is 0 Å². The number of furan rings is 1. The Morgan fingerprint density at radius 2 is 1.88 bits per heavy atom. The fourth-order valence-corrected chi connectivity index (χ4v) is 2.55. The number of hydrogen-bond donors (Lipinski definition) is 1. The van der Waals surface area contributed by atoms with Crippen molar-refractivity contribution in [1.29, 1.82) is 0 Å². The van der Waals surface area contributed by atoms with Gasteiger partial charge in [-0.2, -0.15) is 5.10 Å². The molecule has 2 aromatic heterocycles. The standard InChI is InChI=1S/C18H16BrN3O3/c1-18(2,17(24)20-13-7-5-12(19)6-8-13)22-16(23)10-9-14(21-22)15-4-3-11-25-15/h3-11H,1-2H3,(H,20,24). The molecule has 0 fully saturated rings. The smallest absolute Gasteiger partial charge is 0.267 e. The number of amides is 1. The maximum Gasteiger partial charge on any atom is 0.267 e. The van der Waals surface area contributed by atoms with Gasteiger partial charge in [0.25, 0.3) is 11.5 Å². The second-order valence-corrected chi connectivity index (χ2v) is 6.88. The van der Waals surface area contributed by atoms with E-state index in [1.54, 1.807) is 44.2 Å². The van der Waals surface area contributed by atoms with Crippen LogP contribution in [0.15, 0.2) is 68.5 Å². The zero-order chi connectivity index (χ0) is 18.0. The third kappa shape index (κ3) is 3.56. The molecule has 0 saturated heterocycles. The molecule has 0 spiro atoms. The Bertz CT molecular complexity index is 944. The van der Waals surface area contributed by atoms with Gasteiger partial charge in [-0.3, -0.25) is 9.59 Å². The molecule has 1 aromatic carbocycles. The molecule has 2 heterocycles. The first-order chi connectivity index (χ1) is 11.9. The summed E-state index contributed by atoms with van der Waals surface area (Å²) >= 11 is 3.35. The second kappa shape index (κ2) is 6.68. The monoisotopic (exact) mass is 401 g/mol. The van der Waals surface area contributed by atoms with Crippen molar-refractivity contribution < 1.29 is 9.21 Å². The summed E-state index contributed by atoms with van der Waals surface area (Å²) in [6.07, 6.45) is 1.53. The quantitative estimate of drug-likeness (QED) is 0.723. The highest BCUT2D eigenvalue weighted by molar-refractivity contribution is 9.10. The third-order valence-electron chi connectivity index (χ3n) is 3.76. The van der Waals surface area contributed by atoms with Crippen LogP contribution in [0.5, 0.6) is 0 Å². The summed E-state index contributed by atoms with van der Waals surface area (Å²) < 4.78 is 7.39. The summed E-state index contributed by atoms with van der Waals surface area (Å²) in [6.45, 7) is 3.28. The summed E-state index contributed by atoms with van der Waals surface area (Å²) in [6, 6.07) is 13.6. The molecule has 0 radical (unpaired) electrons. The summed E-state index contributed by atoms with van der Waals surface area (Å²) in [4.78, 5) is 25.0. The van der Waals surface area contributed by atoms with Gasteiger partial charge in [-0.05, 0) is 56.3 Å². The fourth-order valence-electron chi connectivity index (χ4n) is 2.28. The normalized spacial score (nSPS) is 11.3. The number of aromatic nitrogens is 2. The first-order valence-corrected chi connectivity index (χ1v) is 8.39. The lowest BCUT2D eigenvalue weighted by molar-refractivity contribution is -0.123. The van der Waals surface area contributed by atoms with Gasteiger partial charge in [0.2, 0.25) is 0 Å². The second-order valence-electron chi connectivity index (χ2n) is 5.97. The van der Waals surface area contributed by atoms with Crippen LogP contribution in [0.1, 0.15) is 13.8 Å². The molecule has 25 heavy (non-hydrogen) atoms. The van der Waals surface area contributed by atoms with Crippen molar-refractivity contribution in [2.24, 2.45) is 0 Å². The Morgan fingerprint density at radius 1 is 1.16 bits per heavy atom. The molecule has 0 saturated carbocycles. The molecule has 1 N–H and O–H groups in total. The molecule has 0 aliphatic carbocycles. The molecule has 0 aliphatic heterocycles. The highest BCUT2D eigenvalue weighted by Crippen LogP contribution is 2.20. The first-order valence-electron chi connectivity index (χ1n) is 7.60. The Balaban J connectivity index is 1.93. The van der Waals surface area contributed by atoms with Crippen molar-refractivity contribution in [2.75, 3.05) is 5.32 Å². The molecule has 0 bridgehead atoms. The molecule has 3 rings (SSSR count). The number of benzene rings is 1. The number of nitrogens with zero attached hydrogens (tertiary/aromatic N) is 2. The molecule has 7 heteroatoms. The molecule has 0 aliphatic rings. The van der Waals surface area contributed by atoms with E-state index in [1.807, 2.05) is 12.1 Å². The largest absolute Gasteiger partial charge is 0.463 e. The van der Waals surface area contributed by atoms with Crippen molar-refractivity contribution in [3.63, 3.8) is 0 Å². The average Bonchev–Trinajstić information content (AvgIpc) is 3.11. The van der Waals surface area contributed by atoms with Gasteiger partial charge in [-0.1, -0.05) is 15.9 Å². The van der Waals surface area contributed by atoms with Gasteiger partial charge >= 0.3 is 0 Å². The average molecular weight is 402 g/mol. The van der Waals surface area contributed by atoms with Crippen molar-refractivity contribution in [3.05, 3.63) is 69.6 Å². The number of anilines is 1. The van der Waals surface area contributed by atoms with Gasteiger partial charge in [-0.15, -0.1) is 0 Å². The molecular weight excluding hydrogens is 386 g/mol. The molecular formula is C18H16BrN3O3. The molecule has 128 valence electrons. The van der Waals surface area contributed by atoms with Crippen LogP contribution in [0.25, 0.3) is 11.5 Å². The van der Waals surface area contributed by atoms with Crippen molar-refractivity contribution >= 4 is 27.5 Å². The number of carbonyl (C=O) groups is 1. The number of carbonyl (C=O) groups excluding carboxylic acids is 1. The van der Waals surface area contributed by atoms with Crippen LogP contribution in [-0.2, 0) is 10.3 Å². The van der Waals surface area contributed by atoms with Gasteiger partial charge < -0.3 is 9.73 Å². The SMILES string of the molecule is CC(C)(C(=O)Nc1ccc(Br)cc1)n1nc(-c2ccco2)ccc1=O. The van der Waals surface area contributed by atoms with Crippen molar-refractivity contribution in [1.82, 2.24) is 9.78 Å². The number of nitrogens with one attached hydrogen (secondary N) is 1. The van der Waals surface area contributed by atoms with Gasteiger partial charge in [0.15, 0.2) is 5.76 Å². The van der Waals surface area contributed by atoms with Gasteiger partial charge in [0.05, 0.1) is 6.26 Å². The molecule has 0 unspecified atom stereocenters. The molecule has 3 aromatic rings. The summed E-state index contributed by atoms with van der Waals surface area (Å²) in [7, 11) is 0. The van der Waals surface area contributed by atoms with Gasteiger partial charge in [0.1, 0.15) is 11.2 Å². The van der Waals surface area contributed by atoms with Crippen LogP contribution in [0.3, 0.4) is 0 Å². The molecule has 6 nitrogen and oxygen atoms in total. The Kier molecular flexibility index (Phi) is 4.59. The van der Waals surface area contributed by atoms with Crippen LogP contribution >= 0.6 is 15.9 Å². The molecule has 0 atom stereocenters. The van der Waals surface area contributed by atoms with E-state index in [1.165, 1.54) is 17.0 Å². The van der Waals surface area contributed by atoms with Crippen molar-refractivity contribution in [3.8, 4) is 11.5 Å². The van der Waals surface area contributed by atoms with Crippen LogP contribution < -0.4 is 10.9 Å². The highest BCUT2D eigenvalue weighted by atomic mass is 79.9. The lowest BCUT2D eigenvalue weighted by atomic mass is 10.0. The van der Waals surface area contributed by atoms with Crippen molar-refractivity contribution in [2.45, 2.75) is 19.4 Å². The Labute approximate surface area is 152 Å². The predicted octanol–water partition coefficient (Wildman–Crippen LogP) is 3.64. The van der Waals surface area contributed by atoms with Crippen LogP contribution in [-0.4, -0.2) is 15.7 Å². The predicted molar refractivity (Wildman–Crippen MR) is 98.3 cm³/mol. The number of rotatable bonds is 4. The van der Waals surface area contributed by atoms with Crippen LogP contribution in [0.4, 0.5) is 5.69 Å². The highest BCUT2D eigenvalue weighted by Gasteiger charge is 2.32. The minimum absolute atomic E-state index is 0.346. The summed E-state index contributed by atoms with van der Waals surface area (Å²) in [5.74, 6) is 0.180. The Morgan fingerprint density at radius 3 is 2.52 bits per heavy atom. The van der Waals surface area contributed by atoms with E-state index in [0.717, 1.165) is 4.47 Å². The zero-order valence-corrected chi connectivity index (χ0v) is 15.3. The minimum Gasteiger partial charge on any atom is -0.463 e. The van der Waals surface area contributed by atoms with Crippen LogP contribution in [0.2, 0.25) is 0 Å². The number of halogens is 1.